The van der Waals surface area contributed by atoms with Crippen LogP contribution in [-0.4, -0.2) is 9.55 Å². The minimum atomic E-state index is 0.755. The number of para-hydroxylation sites is 1. The average molecular weight is 471 g/mol. The molecule has 0 bridgehead atoms. The first-order valence-corrected chi connectivity index (χ1v) is 12.0. The summed E-state index contributed by atoms with van der Waals surface area (Å²) in [5.74, 6) is 0. The molecule has 0 aliphatic heterocycles. The molecule has 0 saturated carbocycles. The van der Waals surface area contributed by atoms with Crippen LogP contribution in [-0.2, 0) is 7.05 Å². The van der Waals surface area contributed by atoms with Gasteiger partial charge < -0.3 is 16.0 Å². The molecule has 0 aliphatic rings. The second-order valence-corrected chi connectivity index (χ2v) is 9.26. The first-order valence-electron chi connectivity index (χ1n) is 12.0. The van der Waals surface area contributed by atoms with Crippen molar-refractivity contribution in [2.45, 2.75) is 13.8 Å². The van der Waals surface area contributed by atoms with E-state index >= 15 is 0 Å². The van der Waals surface area contributed by atoms with Crippen LogP contribution in [0.2, 0.25) is 0 Å². The van der Waals surface area contributed by atoms with Crippen molar-refractivity contribution >= 4 is 33.2 Å². The molecular formula is C32H30N4. The van der Waals surface area contributed by atoms with Crippen LogP contribution < -0.4 is 11.5 Å². The van der Waals surface area contributed by atoms with Crippen LogP contribution >= 0.6 is 0 Å². The van der Waals surface area contributed by atoms with Crippen LogP contribution in [0, 0.1) is 13.8 Å². The lowest BCUT2D eigenvalue weighted by molar-refractivity contribution is 1.01. The third-order valence-corrected chi connectivity index (χ3v) is 6.45. The Balaban J connectivity index is 0.000000156. The topological polar surface area (TPSA) is 69.9 Å². The van der Waals surface area contributed by atoms with Gasteiger partial charge in [-0.2, -0.15) is 0 Å². The summed E-state index contributed by atoms with van der Waals surface area (Å²) in [5.41, 5.74) is 22.1. The van der Waals surface area contributed by atoms with E-state index in [9.17, 15) is 0 Å². The van der Waals surface area contributed by atoms with E-state index < -0.39 is 0 Å². The van der Waals surface area contributed by atoms with E-state index in [0.717, 1.165) is 33.9 Å². The third kappa shape index (κ3) is 4.66. The summed E-state index contributed by atoms with van der Waals surface area (Å²) in [6, 6.07) is 34.9. The number of aryl methyl sites for hydroxylation is 3. The Bertz CT molecular complexity index is 1600. The summed E-state index contributed by atoms with van der Waals surface area (Å²) in [5, 5.41) is 2.70. The number of rotatable bonds is 2. The summed E-state index contributed by atoms with van der Waals surface area (Å²) in [4.78, 5) is 4.75. The number of pyridine rings is 1. The molecule has 4 heteroatoms. The molecule has 4 N–H and O–H groups in total. The third-order valence-electron chi connectivity index (χ3n) is 6.45. The number of nitrogen functional groups attached to an aromatic ring is 2. The molecule has 0 atom stereocenters. The van der Waals surface area contributed by atoms with E-state index in [-0.39, 0.29) is 0 Å². The Morgan fingerprint density at radius 3 is 1.67 bits per heavy atom. The summed E-state index contributed by atoms with van der Waals surface area (Å²) in [6.07, 6.45) is 0. The van der Waals surface area contributed by atoms with Crippen LogP contribution in [0.4, 0.5) is 11.4 Å². The number of anilines is 2. The monoisotopic (exact) mass is 470 g/mol. The first-order chi connectivity index (χ1) is 17.4. The number of nitrogens with zero attached hydrogens (tertiary/aromatic N) is 2. The lowest BCUT2D eigenvalue weighted by Gasteiger charge is -2.08. The lowest BCUT2D eigenvalue weighted by Crippen LogP contribution is -1.92. The molecule has 0 amide bonds. The largest absolute Gasteiger partial charge is 0.399 e. The average Bonchev–Trinajstić information content (AvgIpc) is 3.16. The molecule has 178 valence electrons. The quantitative estimate of drug-likeness (QED) is 0.257. The maximum absolute atomic E-state index is 5.74. The smallest absolute Gasteiger partial charge is 0.0712 e. The highest BCUT2D eigenvalue weighted by Gasteiger charge is 2.07. The van der Waals surface area contributed by atoms with Crippen molar-refractivity contribution in [1.82, 2.24) is 9.55 Å². The Morgan fingerprint density at radius 2 is 1.08 bits per heavy atom. The second kappa shape index (κ2) is 9.59. The van der Waals surface area contributed by atoms with Crippen molar-refractivity contribution in [3.8, 4) is 22.5 Å². The van der Waals surface area contributed by atoms with Gasteiger partial charge >= 0.3 is 0 Å². The highest BCUT2D eigenvalue weighted by Crippen LogP contribution is 2.28. The Morgan fingerprint density at radius 1 is 0.556 bits per heavy atom. The fraction of sp³-hybridized carbons (Fsp3) is 0.0938. The molecule has 4 aromatic carbocycles. The summed E-state index contributed by atoms with van der Waals surface area (Å²) in [7, 11) is 2.12. The second-order valence-electron chi connectivity index (χ2n) is 9.26. The van der Waals surface area contributed by atoms with Crippen LogP contribution in [0.1, 0.15) is 11.1 Å². The molecule has 0 aliphatic carbocycles. The van der Waals surface area contributed by atoms with Gasteiger partial charge in [-0.1, -0.05) is 54.1 Å². The SMILES string of the molecule is Cc1cc(-c2ccc(N)cc2)nc(-c2ccc(N)cc2)c1.Cc1ccc2c(c1)c1ccccc1n2C. The van der Waals surface area contributed by atoms with Crippen molar-refractivity contribution in [1.29, 1.82) is 0 Å². The van der Waals surface area contributed by atoms with Crippen molar-refractivity contribution in [2.24, 2.45) is 7.05 Å². The van der Waals surface area contributed by atoms with Gasteiger partial charge in [0.1, 0.15) is 0 Å². The number of hydrogen-bond donors (Lipinski definition) is 2. The predicted octanol–water partition coefficient (Wildman–Crippen LogP) is 7.53. The molecule has 0 saturated heterocycles. The maximum atomic E-state index is 5.74. The predicted molar refractivity (Wildman–Crippen MR) is 154 cm³/mol. The number of nitrogens with two attached hydrogens (primary N) is 2. The van der Waals surface area contributed by atoms with E-state index in [4.69, 9.17) is 16.5 Å². The zero-order valence-electron chi connectivity index (χ0n) is 20.9. The van der Waals surface area contributed by atoms with Crippen LogP contribution in [0.15, 0.2) is 103 Å². The van der Waals surface area contributed by atoms with Gasteiger partial charge in [-0.25, -0.2) is 4.98 Å². The van der Waals surface area contributed by atoms with Crippen LogP contribution in [0.25, 0.3) is 44.3 Å². The normalized spacial score (nSPS) is 10.9. The van der Waals surface area contributed by atoms with Gasteiger partial charge in [0.2, 0.25) is 0 Å². The molecule has 0 unspecified atom stereocenters. The van der Waals surface area contributed by atoms with E-state index in [1.807, 2.05) is 48.5 Å². The summed E-state index contributed by atoms with van der Waals surface area (Å²) in [6.45, 7) is 4.21. The van der Waals surface area contributed by atoms with Gasteiger partial charge in [-0.3, -0.25) is 0 Å². The van der Waals surface area contributed by atoms with E-state index in [1.165, 1.54) is 32.9 Å². The van der Waals surface area contributed by atoms with Crippen molar-refractivity contribution in [2.75, 3.05) is 11.5 Å². The molecule has 0 radical (unpaired) electrons. The van der Waals surface area contributed by atoms with E-state index in [1.54, 1.807) is 0 Å². The van der Waals surface area contributed by atoms with Crippen LogP contribution in [0.3, 0.4) is 0 Å². The standard InChI is InChI=1S/C18H17N3.C14H13N/c1-12-10-17(13-2-6-15(19)7-3-13)21-18(11-12)14-4-8-16(20)9-5-14;1-10-7-8-14-12(9-10)11-5-3-4-6-13(11)15(14)2/h2-11H,19-20H2,1H3;3-9H,1-2H3. The van der Waals surface area contributed by atoms with Gasteiger partial charge in [0, 0.05) is 51.4 Å². The van der Waals surface area contributed by atoms with Gasteiger partial charge in [0.05, 0.1) is 11.4 Å². The molecular weight excluding hydrogens is 440 g/mol. The molecule has 0 spiro atoms. The van der Waals surface area contributed by atoms with E-state index in [0.29, 0.717) is 0 Å². The highest BCUT2D eigenvalue weighted by molar-refractivity contribution is 6.08. The fourth-order valence-electron chi connectivity index (χ4n) is 4.55. The fourth-order valence-corrected chi connectivity index (χ4v) is 4.55. The van der Waals surface area contributed by atoms with Crippen LogP contribution in [0.5, 0.6) is 0 Å². The molecule has 2 heterocycles. The number of aromatic nitrogens is 2. The molecule has 2 aromatic heterocycles. The first kappa shape index (κ1) is 23.2. The zero-order chi connectivity index (χ0) is 25.2. The Labute approximate surface area is 211 Å². The maximum Gasteiger partial charge on any atom is 0.0712 e. The Hall–Kier alpha value is -4.57. The minimum absolute atomic E-state index is 0.755. The van der Waals surface area contributed by atoms with E-state index in [2.05, 4.69) is 80.1 Å². The van der Waals surface area contributed by atoms with Crippen molar-refractivity contribution < 1.29 is 0 Å². The number of hydrogen-bond acceptors (Lipinski definition) is 3. The summed E-state index contributed by atoms with van der Waals surface area (Å²) >= 11 is 0. The zero-order valence-corrected chi connectivity index (χ0v) is 20.9. The molecule has 6 aromatic rings. The molecule has 36 heavy (non-hydrogen) atoms. The number of benzene rings is 4. The Kier molecular flexibility index (Phi) is 6.17. The van der Waals surface area contributed by atoms with Gasteiger partial charge in [0.15, 0.2) is 0 Å². The van der Waals surface area contributed by atoms with Crippen molar-refractivity contribution in [3.05, 3.63) is 114 Å². The van der Waals surface area contributed by atoms with Gasteiger partial charge in [-0.05, 0) is 74.0 Å². The minimum Gasteiger partial charge on any atom is -0.399 e. The molecule has 0 fully saturated rings. The number of fused-ring (bicyclic) bond motifs is 3. The van der Waals surface area contributed by atoms with Gasteiger partial charge in [0.25, 0.3) is 0 Å². The van der Waals surface area contributed by atoms with Crippen molar-refractivity contribution in [3.63, 3.8) is 0 Å². The summed E-state index contributed by atoms with van der Waals surface area (Å²) < 4.78 is 2.25. The lowest BCUT2D eigenvalue weighted by atomic mass is 10.0. The molecule has 4 nitrogen and oxygen atoms in total. The molecule has 6 rings (SSSR count). The van der Waals surface area contributed by atoms with Gasteiger partial charge in [-0.15, -0.1) is 0 Å². The highest BCUT2D eigenvalue weighted by atomic mass is 14.9.